The quantitative estimate of drug-likeness (QED) is 0.816. The number of hydrogen-bond acceptors (Lipinski definition) is 3. The first kappa shape index (κ1) is 12.7. The Labute approximate surface area is 106 Å². The molecule has 1 amide bonds. The first-order valence-electron chi connectivity index (χ1n) is 6.18. The number of nitrogens with zero attached hydrogens (tertiary/aromatic N) is 1. The summed E-state index contributed by atoms with van der Waals surface area (Å²) in [7, 11) is 0. The lowest BCUT2D eigenvalue weighted by molar-refractivity contribution is -0.162. The van der Waals surface area contributed by atoms with Gasteiger partial charge in [0.25, 0.3) is 0 Å². The number of aliphatic carboxylic acids is 1. The van der Waals surface area contributed by atoms with Crippen molar-refractivity contribution in [3.05, 3.63) is 0 Å². The molecule has 2 fully saturated rings. The maximum atomic E-state index is 12.4. The second-order valence-corrected chi connectivity index (χ2v) is 6.24. The smallest absolute Gasteiger partial charge is 0.329 e. The Morgan fingerprint density at radius 3 is 2.76 bits per heavy atom. The van der Waals surface area contributed by atoms with Gasteiger partial charge in [-0.3, -0.25) is 4.79 Å². The van der Waals surface area contributed by atoms with Crippen LogP contribution < -0.4 is 0 Å². The fourth-order valence-corrected chi connectivity index (χ4v) is 3.86. The average molecular weight is 257 g/mol. The van der Waals surface area contributed by atoms with Gasteiger partial charge in [0, 0.05) is 18.2 Å². The molecule has 96 valence electrons. The van der Waals surface area contributed by atoms with Gasteiger partial charge in [0.15, 0.2) is 0 Å². The monoisotopic (exact) mass is 257 g/mol. The molecule has 4 nitrogen and oxygen atoms in total. The number of carbonyl (C=O) groups excluding carboxylic acids is 1. The third-order valence-electron chi connectivity index (χ3n) is 3.90. The number of amides is 1. The molecule has 2 atom stereocenters. The fourth-order valence-electron chi connectivity index (χ4n) is 2.65. The predicted molar refractivity (Wildman–Crippen MR) is 67.0 cm³/mol. The van der Waals surface area contributed by atoms with Crippen molar-refractivity contribution >= 4 is 23.6 Å². The molecule has 2 aliphatic rings. The van der Waals surface area contributed by atoms with Crippen molar-refractivity contribution in [1.29, 1.82) is 0 Å². The summed E-state index contributed by atoms with van der Waals surface area (Å²) in [6.07, 6.45) is 3.30. The summed E-state index contributed by atoms with van der Waals surface area (Å²) in [5.41, 5.74) is -0.984. The lowest BCUT2D eigenvalue weighted by Crippen LogP contribution is -2.58. The molecule has 0 radical (unpaired) electrons. The van der Waals surface area contributed by atoms with E-state index in [1.165, 1.54) is 0 Å². The van der Waals surface area contributed by atoms with Crippen molar-refractivity contribution < 1.29 is 14.7 Å². The van der Waals surface area contributed by atoms with E-state index in [1.807, 2.05) is 0 Å². The Bertz CT molecular complexity index is 328. The molecular formula is C12H19NO3S. The van der Waals surface area contributed by atoms with E-state index in [2.05, 4.69) is 0 Å². The molecule has 2 heterocycles. The molecule has 1 N–H and O–H groups in total. The predicted octanol–water partition coefficient (Wildman–Crippen LogP) is 1.60. The Balaban J connectivity index is 2.15. The van der Waals surface area contributed by atoms with Crippen LogP contribution in [0.2, 0.25) is 0 Å². The molecule has 0 spiro atoms. The van der Waals surface area contributed by atoms with Crippen LogP contribution in [0.25, 0.3) is 0 Å². The number of hydrogen-bond donors (Lipinski definition) is 1. The topological polar surface area (TPSA) is 57.6 Å². The highest BCUT2D eigenvalue weighted by molar-refractivity contribution is 7.99. The minimum absolute atomic E-state index is 0.0387. The van der Waals surface area contributed by atoms with Crippen LogP contribution in [0.15, 0.2) is 0 Å². The largest absolute Gasteiger partial charge is 0.480 e. The van der Waals surface area contributed by atoms with Crippen LogP contribution in [0.1, 0.15) is 32.6 Å². The molecule has 0 bridgehead atoms. The van der Waals surface area contributed by atoms with E-state index in [0.717, 1.165) is 30.8 Å². The fraction of sp³-hybridized carbons (Fsp3) is 0.833. The van der Waals surface area contributed by atoms with Crippen molar-refractivity contribution in [2.45, 2.75) is 38.1 Å². The highest BCUT2D eigenvalue weighted by atomic mass is 32.2. The van der Waals surface area contributed by atoms with Gasteiger partial charge in [0.05, 0.1) is 0 Å². The van der Waals surface area contributed by atoms with E-state index in [-0.39, 0.29) is 11.8 Å². The molecule has 0 saturated carbocycles. The summed E-state index contributed by atoms with van der Waals surface area (Å²) in [4.78, 5) is 25.4. The summed E-state index contributed by atoms with van der Waals surface area (Å²) < 4.78 is 0. The van der Waals surface area contributed by atoms with Crippen LogP contribution in [0.5, 0.6) is 0 Å². The standard InChI is InChI=1S/C12H19NO3S/c1-12(11(15)16)5-2-3-6-13(12)10(14)9-4-7-17-8-9/h9H,2-8H2,1H3,(H,15,16). The van der Waals surface area contributed by atoms with E-state index < -0.39 is 11.5 Å². The Hall–Kier alpha value is -0.710. The maximum absolute atomic E-state index is 12.4. The Kier molecular flexibility index (Phi) is 3.66. The van der Waals surface area contributed by atoms with Crippen LogP contribution in [-0.4, -0.2) is 45.5 Å². The van der Waals surface area contributed by atoms with E-state index in [0.29, 0.717) is 13.0 Å². The number of piperidine rings is 1. The lowest BCUT2D eigenvalue weighted by Gasteiger charge is -2.42. The normalized spacial score (nSPS) is 33.7. The zero-order chi connectivity index (χ0) is 12.5. The van der Waals surface area contributed by atoms with E-state index in [4.69, 9.17) is 0 Å². The van der Waals surface area contributed by atoms with Gasteiger partial charge >= 0.3 is 5.97 Å². The Morgan fingerprint density at radius 2 is 2.18 bits per heavy atom. The number of thioether (sulfide) groups is 1. The molecule has 0 aliphatic carbocycles. The highest BCUT2D eigenvalue weighted by Crippen LogP contribution is 2.33. The van der Waals surface area contributed by atoms with Crippen molar-refractivity contribution in [3.8, 4) is 0 Å². The Morgan fingerprint density at radius 1 is 1.41 bits per heavy atom. The first-order valence-corrected chi connectivity index (χ1v) is 7.34. The number of likely N-dealkylation sites (tertiary alicyclic amines) is 1. The summed E-state index contributed by atoms with van der Waals surface area (Å²) in [6, 6.07) is 0. The van der Waals surface area contributed by atoms with E-state index in [1.54, 1.807) is 23.6 Å². The van der Waals surface area contributed by atoms with Crippen LogP contribution in [0, 0.1) is 5.92 Å². The molecule has 5 heteroatoms. The van der Waals surface area contributed by atoms with Crippen LogP contribution in [0.4, 0.5) is 0 Å². The van der Waals surface area contributed by atoms with Crippen LogP contribution >= 0.6 is 11.8 Å². The minimum atomic E-state index is -0.984. The molecule has 2 unspecified atom stereocenters. The molecule has 2 rings (SSSR count). The van der Waals surface area contributed by atoms with Crippen LogP contribution in [0.3, 0.4) is 0 Å². The summed E-state index contributed by atoms with van der Waals surface area (Å²) >= 11 is 1.79. The van der Waals surface area contributed by atoms with Gasteiger partial charge in [-0.25, -0.2) is 4.79 Å². The van der Waals surface area contributed by atoms with Crippen molar-refractivity contribution in [2.75, 3.05) is 18.1 Å². The maximum Gasteiger partial charge on any atom is 0.329 e. The van der Waals surface area contributed by atoms with Gasteiger partial charge in [-0.05, 0) is 38.4 Å². The summed E-state index contributed by atoms with van der Waals surface area (Å²) in [6.45, 7) is 2.29. The summed E-state index contributed by atoms with van der Waals surface area (Å²) in [5.74, 6) is 1.10. The number of carbonyl (C=O) groups is 2. The molecule has 17 heavy (non-hydrogen) atoms. The van der Waals surface area contributed by atoms with Gasteiger partial charge in [0.2, 0.25) is 5.91 Å². The molecular weight excluding hydrogens is 238 g/mol. The second kappa shape index (κ2) is 4.88. The third kappa shape index (κ3) is 2.30. The van der Waals surface area contributed by atoms with Crippen molar-refractivity contribution in [3.63, 3.8) is 0 Å². The summed E-state index contributed by atoms with van der Waals surface area (Å²) in [5, 5.41) is 9.36. The number of carboxylic acid groups (broad SMARTS) is 1. The molecule has 0 aromatic rings. The third-order valence-corrected chi connectivity index (χ3v) is 5.06. The minimum Gasteiger partial charge on any atom is -0.480 e. The van der Waals surface area contributed by atoms with E-state index in [9.17, 15) is 14.7 Å². The van der Waals surface area contributed by atoms with Gasteiger partial charge in [-0.15, -0.1) is 0 Å². The number of rotatable bonds is 2. The van der Waals surface area contributed by atoms with Gasteiger partial charge < -0.3 is 10.0 Å². The zero-order valence-corrected chi connectivity index (χ0v) is 11.0. The van der Waals surface area contributed by atoms with Gasteiger partial charge in [0.1, 0.15) is 5.54 Å². The number of carboxylic acids is 1. The van der Waals surface area contributed by atoms with Crippen molar-refractivity contribution in [1.82, 2.24) is 4.90 Å². The second-order valence-electron chi connectivity index (χ2n) is 5.09. The SMILES string of the molecule is CC1(C(=O)O)CCCCN1C(=O)C1CCSC1. The molecule has 2 aliphatic heterocycles. The first-order chi connectivity index (χ1) is 8.05. The molecule has 2 saturated heterocycles. The lowest BCUT2D eigenvalue weighted by atomic mass is 9.87. The van der Waals surface area contributed by atoms with Crippen molar-refractivity contribution in [2.24, 2.45) is 5.92 Å². The molecule has 0 aromatic carbocycles. The van der Waals surface area contributed by atoms with Gasteiger partial charge in [-0.2, -0.15) is 11.8 Å². The average Bonchev–Trinajstić information content (AvgIpc) is 2.82. The van der Waals surface area contributed by atoms with Gasteiger partial charge in [-0.1, -0.05) is 0 Å². The zero-order valence-electron chi connectivity index (χ0n) is 10.1. The van der Waals surface area contributed by atoms with E-state index >= 15 is 0 Å². The highest BCUT2D eigenvalue weighted by Gasteiger charge is 2.45. The van der Waals surface area contributed by atoms with Crippen LogP contribution in [-0.2, 0) is 9.59 Å². The molecule has 0 aromatic heterocycles.